The van der Waals surface area contributed by atoms with Crippen molar-refractivity contribution < 1.29 is 14.7 Å². The molecule has 0 atom stereocenters. The van der Waals surface area contributed by atoms with Gasteiger partial charge in [0.1, 0.15) is 5.01 Å². The maximum atomic E-state index is 11.6. The predicted molar refractivity (Wildman–Crippen MR) is 79.5 cm³/mol. The number of carbonyl (C=O) groups is 2. The van der Waals surface area contributed by atoms with Gasteiger partial charge in [0, 0.05) is 11.9 Å². The summed E-state index contributed by atoms with van der Waals surface area (Å²) in [4.78, 5) is 26.1. The van der Waals surface area contributed by atoms with Gasteiger partial charge in [0.25, 0.3) is 0 Å². The molecule has 7 heteroatoms. The minimum Gasteiger partial charge on any atom is -0.476 e. The smallest absolute Gasteiger partial charge is 0.355 e. The van der Waals surface area contributed by atoms with Crippen LogP contribution < -0.4 is 10.6 Å². The second kappa shape index (κ2) is 7.39. The molecule has 0 aliphatic heterocycles. The zero-order valence-corrected chi connectivity index (χ0v) is 12.0. The van der Waals surface area contributed by atoms with Crippen molar-refractivity contribution in [3.8, 4) is 0 Å². The molecule has 0 fully saturated rings. The lowest BCUT2D eigenvalue weighted by Gasteiger charge is -2.06. The van der Waals surface area contributed by atoms with Gasteiger partial charge in [0.2, 0.25) is 0 Å². The summed E-state index contributed by atoms with van der Waals surface area (Å²) in [6.45, 7) is 0.753. The Labute approximate surface area is 125 Å². The van der Waals surface area contributed by atoms with Crippen LogP contribution in [-0.4, -0.2) is 28.6 Å². The van der Waals surface area contributed by atoms with Crippen molar-refractivity contribution in [1.29, 1.82) is 0 Å². The molecule has 1 aromatic carbocycles. The van der Waals surface area contributed by atoms with Crippen LogP contribution in [0.1, 0.15) is 21.1 Å². The van der Waals surface area contributed by atoms with Gasteiger partial charge in [0.05, 0.1) is 6.54 Å². The molecule has 2 aromatic rings. The third-order valence-corrected chi connectivity index (χ3v) is 3.56. The average molecular weight is 305 g/mol. The first-order valence-electron chi connectivity index (χ1n) is 6.38. The van der Waals surface area contributed by atoms with Crippen LogP contribution in [0.2, 0.25) is 0 Å². The van der Waals surface area contributed by atoms with E-state index >= 15 is 0 Å². The number of carboxylic acid groups (broad SMARTS) is 1. The monoisotopic (exact) mass is 305 g/mol. The molecule has 0 spiro atoms. The molecule has 0 aliphatic rings. The molecule has 6 nitrogen and oxygen atoms in total. The van der Waals surface area contributed by atoms with Gasteiger partial charge in [-0.05, 0) is 12.0 Å². The fourth-order valence-electron chi connectivity index (χ4n) is 1.67. The Balaban J connectivity index is 1.68. The number of amides is 2. The number of rotatable bonds is 6. The van der Waals surface area contributed by atoms with Crippen molar-refractivity contribution in [1.82, 2.24) is 15.6 Å². The van der Waals surface area contributed by atoms with Crippen LogP contribution in [0.5, 0.6) is 0 Å². The molecule has 3 N–H and O–H groups in total. The average Bonchev–Trinajstić information content (AvgIpc) is 2.95. The van der Waals surface area contributed by atoms with E-state index in [1.807, 2.05) is 30.3 Å². The molecule has 0 saturated carbocycles. The fraction of sp³-hybridized carbons (Fsp3) is 0.214. The van der Waals surface area contributed by atoms with Gasteiger partial charge in [0.15, 0.2) is 5.69 Å². The van der Waals surface area contributed by atoms with Crippen molar-refractivity contribution in [2.45, 2.75) is 13.0 Å². The molecule has 2 rings (SSSR count). The summed E-state index contributed by atoms with van der Waals surface area (Å²) in [5.74, 6) is -1.06. The normalized spacial score (nSPS) is 10.1. The highest BCUT2D eigenvalue weighted by Crippen LogP contribution is 2.09. The van der Waals surface area contributed by atoms with Gasteiger partial charge in [-0.2, -0.15) is 0 Å². The maximum Gasteiger partial charge on any atom is 0.355 e. The number of nitrogens with one attached hydrogen (secondary N) is 2. The number of benzene rings is 1. The molecular formula is C14H15N3O3S. The number of carbonyl (C=O) groups excluding carboxylic acids is 1. The first-order valence-corrected chi connectivity index (χ1v) is 7.26. The van der Waals surface area contributed by atoms with E-state index in [0.29, 0.717) is 11.6 Å². The molecule has 110 valence electrons. The topological polar surface area (TPSA) is 91.3 Å². The molecule has 0 aliphatic carbocycles. The minimum atomic E-state index is -1.06. The molecule has 0 unspecified atom stereocenters. The van der Waals surface area contributed by atoms with Crippen molar-refractivity contribution in [2.75, 3.05) is 6.54 Å². The molecule has 1 aromatic heterocycles. The third-order valence-electron chi connectivity index (χ3n) is 2.71. The summed E-state index contributed by atoms with van der Waals surface area (Å²) in [6.07, 6.45) is 0.759. The van der Waals surface area contributed by atoms with Gasteiger partial charge in [-0.1, -0.05) is 30.3 Å². The molecule has 0 bridgehead atoms. The maximum absolute atomic E-state index is 11.6. The van der Waals surface area contributed by atoms with Crippen LogP contribution in [0.15, 0.2) is 35.7 Å². The molecule has 1 heterocycles. The quantitative estimate of drug-likeness (QED) is 0.760. The zero-order valence-electron chi connectivity index (χ0n) is 11.2. The number of hydrogen-bond donors (Lipinski definition) is 3. The van der Waals surface area contributed by atoms with Gasteiger partial charge in [-0.3, -0.25) is 0 Å². The lowest BCUT2D eigenvalue weighted by atomic mass is 10.1. The zero-order chi connectivity index (χ0) is 15.1. The second-order valence-electron chi connectivity index (χ2n) is 4.28. The summed E-state index contributed by atoms with van der Waals surface area (Å²) in [5.41, 5.74) is 1.16. The Morgan fingerprint density at radius 2 is 1.95 bits per heavy atom. The lowest BCUT2D eigenvalue weighted by Crippen LogP contribution is -2.36. The highest BCUT2D eigenvalue weighted by Gasteiger charge is 2.09. The van der Waals surface area contributed by atoms with Crippen LogP contribution in [-0.2, 0) is 13.0 Å². The Morgan fingerprint density at radius 1 is 1.19 bits per heavy atom. The highest BCUT2D eigenvalue weighted by molar-refractivity contribution is 7.09. The van der Waals surface area contributed by atoms with E-state index < -0.39 is 5.97 Å². The van der Waals surface area contributed by atoms with E-state index in [4.69, 9.17) is 5.11 Å². The van der Waals surface area contributed by atoms with Crippen molar-refractivity contribution in [2.24, 2.45) is 0 Å². The number of urea groups is 1. The van der Waals surface area contributed by atoms with E-state index in [1.54, 1.807) is 0 Å². The predicted octanol–water partition coefficient (Wildman–Crippen LogP) is 1.88. The van der Waals surface area contributed by atoms with E-state index in [9.17, 15) is 9.59 Å². The minimum absolute atomic E-state index is 0.00119. The fourth-order valence-corrected chi connectivity index (χ4v) is 2.38. The Kier molecular flexibility index (Phi) is 5.28. The molecule has 0 saturated heterocycles. The van der Waals surface area contributed by atoms with Gasteiger partial charge in [-0.25, -0.2) is 14.6 Å². The SMILES string of the molecule is O=C(NCCc1ccccc1)NCc1nc(C(=O)O)cs1. The number of thiazole rings is 1. The van der Waals surface area contributed by atoms with Crippen molar-refractivity contribution in [3.05, 3.63) is 52.0 Å². The van der Waals surface area contributed by atoms with Crippen molar-refractivity contribution >= 4 is 23.3 Å². The summed E-state index contributed by atoms with van der Waals surface area (Å²) < 4.78 is 0. The summed E-state index contributed by atoms with van der Waals surface area (Å²) >= 11 is 1.21. The first-order chi connectivity index (χ1) is 10.1. The van der Waals surface area contributed by atoms with E-state index in [-0.39, 0.29) is 18.3 Å². The van der Waals surface area contributed by atoms with Crippen LogP contribution in [0.4, 0.5) is 4.79 Å². The summed E-state index contributed by atoms with van der Waals surface area (Å²) in [7, 11) is 0. The Hall–Kier alpha value is -2.41. The third kappa shape index (κ3) is 4.88. The number of aromatic nitrogens is 1. The largest absolute Gasteiger partial charge is 0.476 e. The number of hydrogen-bond acceptors (Lipinski definition) is 4. The number of carboxylic acids is 1. The summed E-state index contributed by atoms with van der Waals surface area (Å²) in [6, 6.07) is 9.57. The van der Waals surface area contributed by atoms with Crippen LogP contribution in [0.25, 0.3) is 0 Å². The molecule has 0 radical (unpaired) electrons. The van der Waals surface area contributed by atoms with Gasteiger partial charge in [-0.15, -0.1) is 11.3 Å². The summed E-state index contributed by atoms with van der Waals surface area (Å²) in [5, 5.41) is 16.1. The van der Waals surface area contributed by atoms with E-state index in [1.165, 1.54) is 16.7 Å². The Morgan fingerprint density at radius 3 is 2.62 bits per heavy atom. The first kappa shape index (κ1) is 15.0. The van der Waals surface area contributed by atoms with Crippen molar-refractivity contribution in [3.63, 3.8) is 0 Å². The van der Waals surface area contributed by atoms with E-state index in [2.05, 4.69) is 15.6 Å². The van der Waals surface area contributed by atoms with Crippen LogP contribution in [0.3, 0.4) is 0 Å². The van der Waals surface area contributed by atoms with Gasteiger partial charge >= 0.3 is 12.0 Å². The molecular weight excluding hydrogens is 290 g/mol. The van der Waals surface area contributed by atoms with Crippen LogP contribution >= 0.6 is 11.3 Å². The van der Waals surface area contributed by atoms with Gasteiger partial charge < -0.3 is 15.7 Å². The van der Waals surface area contributed by atoms with E-state index in [0.717, 1.165) is 12.0 Å². The second-order valence-corrected chi connectivity index (χ2v) is 5.22. The lowest BCUT2D eigenvalue weighted by molar-refractivity contribution is 0.0691. The Bertz CT molecular complexity index is 613. The molecule has 2 amide bonds. The number of nitrogens with zero attached hydrogens (tertiary/aromatic N) is 1. The number of aromatic carboxylic acids is 1. The standard InChI is InChI=1S/C14H15N3O3S/c18-13(19)11-9-21-12(17-11)8-16-14(20)15-7-6-10-4-2-1-3-5-10/h1-5,9H,6-8H2,(H,18,19)(H2,15,16,20). The molecule has 21 heavy (non-hydrogen) atoms. The highest BCUT2D eigenvalue weighted by atomic mass is 32.1. The van der Waals surface area contributed by atoms with Crippen LogP contribution in [0, 0.1) is 0 Å².